The largest absolute Gasteiger partial charge is 0.489 e. The molecule has 31 heavy (non-hydrogen) atoms. The Morgan fingerprint density at radius 3 is 2.68 bits per heavy atom. The number of fused-ring (bicyclic) bond motifs is 2. The van der Waals surface area contributed by atoms with Gasteiger partial charge in [0, 0.05) is 23.7 Å². The van der Waals surface area contributed by atoms with Crippen molar-refractivity contribution < 1.29 is 14.3 Å². The number of carbonyl (C=O) groups excluding carboxylic acids is 1. The standard InChI is InChI=1S/C26H32ClNO3/c1-26(2,25(29)30-3)12-15-28-13-10-18(11-14-28)24-21-9-8-20(27)16-19(21)17-31-23-7-5-4-6-22(23)24/h6-9,16H,4-5,10-15,17H2,1-3H3. The Bertz CT molecular complexity index is 947. The molecule has 0 bridgehead atoms. The summed E-state index contributed by atoms with van der Waals surface area (Å²) in [6.07, 6.45) is 9.51. The van der Waals surface area contributed by atoms with E-state index in [4.69, 9.17) is 21.1 Å². The van der Waals surface area contributed by atoms with Gasteiger partial charge in [0.15, 0.2) is 0 Å². The fourth-order valence-corrected chi connectivity index (χ4v) is 4.93. The minimum Gasteiger partial charge on any atom is -0.489 e. The maximum atomic E-state index is 12.0. The average molecular weight is 442 g/mol. The minimum atomic E-state index is -0.447. The van der Waals surface area contributed by atoms with Crippen LogP contribution in [0.25, 0.3) is 5.57 Å². The van der Waals surface area contributed by atoms with E-state index in [0.717, 1.165) is 68.1 Å². The van der Waals surface area contributed by atoms with Gasteiger partial charge in [-0.05, 0) is 87.4 Å². The summed E-state index contributed by atoms with van der Waals surface area (Å²) in [5, 5.41) is 0.752. The number of ether oxygens (including phenoxy) is 2. The van der Waals surface area contributed by atoms with Crippen LogP contribution in [-0.4, -0.2) is 37.6 Å². The predicted octanol–water partition coefficient (Wildman–Crippen LogP) is 5.91. The van der Waals surface area contributed by atoms with Crippen molar-refractivity contribution >= 4 is 23.1 Å². The summed E-state index contributed by atoms with van der Waals surface area (Å²) in [5.74, 6) is 0.882. The van der Waals surface area contributed by atoms with Gasteiger partial charge in [0.2, 0.25) is 0 Å². The molecule has 0 unspecified atom stereocenters. The number of nitrogens with zero attached hydrogens (tertiary/aromatic N) is 1. The number of benzene rings is 1. The number of allylic oxidation sites excluding steroid dienone is 3. The molecule has 0 spiro atoms. The van der Waals surface area contributed by atoms with Crippen LogP contribution >= 0.6 is 11.6 Å². The number of methoxy groups -OCH3 is 1. The van der Waals surface area contributed by atoms with E-state index in [-0.39, 0.29) is 5.97 Å². The van der Waals surface area contributed by atoms with Crippen LogP contribution < -0.4 is 0 Å². The number of piperidine rings is 1. The molecule has 0 N–H and O–H groups in total. The fourth-order valence-electron chi connectivity index (χ4n) is 4.73. The Morgan fingerprint density at radius 1 is 1.19 bits per heavy atom. The fraction of sp³-hybridized carbons (Fsp3) is 0.500. The van der Waals surface area contributed by atoms with Crippen LogP contribution in [0.5, 0.6) is 0 Å². The van der Waals surface area contributed by atoms with E-state index in [9.17, 15) is 4.79 Å². The summed E-state index contributed by atoms with van der Waals surface area (Å²) in [6, 6.07) is 6.19. The van der Waals surface area contributed by atoms with E-state index in [1.54, 1.807) is 0 Å². The zero-order valence-corrected chi connectivity index (χ0v) is 19.6. The molecule has 1 fully saturated rings. The first-order chi connectivity index (χ1) is 14.9. The molecule has 4 rings (SSSR count). The Labute approximate surface area is 190 Å². The highest BCUT2D eigenvalue weighted by Crippen LogP contribution is 2.42. The molecule has 1 aromatic rings. The average Bonchev–Trinajstić information content (AvgIpc) is 2.94. The first-order valence-corrected chi connectivity index (χ1v) is 11.6. The molecule has 4 nitrogen and oxygen atoms in total. The first kappa shape index (κ1) is 22.2. The summed E-state index contributed by atoms with van der Waals surface area (Å²) in [7, 11) is 1.47. The van der Waals surface area contributed by atoms with Crippen LogP contribution in [0.1, 0.15) is 57.1 Å². The van der Waals surface area contributed by atoms with Crippen LogP contribution in [0.3, 0.4) is 0 Å². The molecule has 5 heteroatoms. The minimum absolute atomic E-state index is 0.135. The van der Waals surface area contributed by atoms with E-state index in [1.165, 1.54) is 29.4 Å². The molecule has 0 saturated carbocycles. The molecular weight excluding hydrogens is 410 g/mol. The number of hydrogen-bond donors (Lipinski definition) is 0. The van der Waals surface area contributed by atoms with Crippen molar-refractivity contribution in [3.8, 4) is 0 Å². The summed E-state index contributed by atoms with van der Waals surface area (Å²) in [6.45, 7) is 7.41. The lowest BCUT2D eigenvalue weighted by Gasteiger charge is -2.32. The Morgan fingerprint density at radius 2 is 1.94 bits per heavy atom. The van der Waals surface area contributed by atoms with Crippen LogP contribution in [0.15, 0.2) is 47.3 Å². The number of likely N-dealkylation sites (tertiary alicyclic amines) is 1. The SMILES string of the molecule is COC(=O)C(C)(C)CCN1CCC(=C2C3=CCCC=C3OCc3cc(Cl)ccc32)CC1. The molecule has 166 valence electrons. The van der Waals surface area contributed by atoms with Crippen LogP contribution in [0.2, 0.25) is 5.02 Å². The molecular formula is C26H32ClNO3. The van der Waals surface area contributed by atoms with Gasteiger partial charge in [0.25, 0.3) is 0 Å². The Kier molecular flexibility index (Phi) is 6.59. The van der Waals surface area contributed by atoms with Crippen molar-refractivity contribution in [1.82, 2.24) is 4.90 Å². The molecule has 0 amide bonds. The van der Waals surface area contributed by atoms with Gasteiger partial charge < -0.3 is 14.4 Å². The molecule has 2 aliphatic heterocycles. The van der Waals surface area contributed by atoms with Crippen molar-refractivity contribution in [1.29, 1.82) is 0 Å². The molecule has 0 atom stereocenters. The topological polar surface area (TPSA) is 38.8 Å². The number of halogens is 1. The second-order valence-electron chi connectivity index (χ2n) is 9.30. The molecule has 1 aromatic carbocycles. The zero-order chi connectivity index (χ0) is 22.0. The molecule has 1 saturated heterocycles. The third-order valence-electron chi connectivity index (χ3n) is 6.70. The molecule has 1 aliphatic carbocycles. The predicted molar refractivity (Wildman–Crippen MR) is 125 cm³/mol. The molecule has 0 aromatic heterocycles. The van der Waals surface area contributed by atoms with Gasteiger partial charge >= 0.3 is 5.97 Å². The third-order valence-corrected chi connectivity index (χ3v) is 6.94. The first-order valence-electron chi connectivity index (χ1n) is 11.2. The third kappa shape index (κ3) is 4.75. The lowest BCUT2D eigenvalue weighted by molar-refractivity contribution is -0.151. The molecule has 0 radical (unpaired) electrons. The van der Waals surface area contributed by atoms with Crippen molar-refractivity contribution in [2.45, 2.75) is 52.6 Å². The van der Waals surface area contributed by atoms with E-state index in [1.807, 2.05) is 26.0 Å². The normalized spacial score (nSPS) is 19.5. The quantitative estimate of drug-likeness (QED) is 0.544. The summed E-state index contributed by atoms with van der Waals surface area (Å²) in [4.78, 5) is 14.5. The lowest BCUT2D eigenvalue weighted by Crippen LogP contribution is -2.36. The van der Waals surface area contributed by atoms with E-state index < -0.39 is 5.41 Å². The second kappa shape index (κ2) is 9.22. The van der Waals surface area contributed by atoms with Crippen LogP contribution in [0.4, 0.5) is 0 Å². The van der Waals surface area contributed by atoms with Crippen molar-refractivity contribution in [3.63, 3.8) is 0 Å². The lowest BCUT2D eigenvalue weighted by atomic mass is 9.84. The van der Waals surface area contributed by atoms with E-state index in [2.05, 4.69) is 23.1 Å². The summed E-state index contributed by atoms with van der Waals surface area (Å²) >= 11 is 6.30. The smallest absolute Gasteiger partial charge is 0.311 e. The highest BCUT2D eigenvalue weighted by atomic mass is 35.5. The molecule has 3 aliphatic rings. The highest BCUT2D eigenvalue weighted by Gasteiger charge is 2.31. The van der Waals surface area contributed by atoms with Crippen LogP contribution in [-0.2, 0) is 20.9 Å². The van der Waals surface area contributed by atoms with Crippen molar-refractivity contribution in [2.24, 2.45) is 5.41 Å². The zero-order valence-electron chi connectivity index (χ0n) is 18.8. The van der Waals surface area contributed by atoms with E-state index >= 15 is 0 Å². The summed E-state index contributed by atoms with van der Waals surface area (Å²) in [5.41, 5.74) is 6.07. The number of esters is 1. The maximum absolute atomic E-state index is 12.0. The van der Waals surface area contributed by atoms with Gasteiger partial charge in [-0.1, -0.05) is 29.3 Å². The van der Waals surface area contributed by atoms with Gasteiger partial charge in [-0.2, -0.15) is 0 Å². The second-order valence-corrected chi connectivity index (χ2v) is 9.74. The highest BCUT2D eigenvalue weighted by molar-refractivity contribution is 6.30. The van der Waals surface area contributed by atoms with Crippen LogP contribution in [0, 0.1) is 5.41 Å². The number of hydrogen-bond acceptors (Lipinski definition) is 4. The monoisotopic (exact) mass is 441 g/mol. The van der Waals surface area contributed by atoms with Crippen molar-refractivity contribution in [3.05, 3.63) is 63.4 Å². The van der Waals surface area contributed by atoms with Gasteiger partial charge in [-0.3, -0.25) is 4.79 Å². The maximum Gasteiger partial charge on any atom is 0.311 e. The van der Waals surface area contributed by atoms with Gasteiger partial charge in [-0.25, -0.2) is 0 Å². The number of carbonyl (C=O) groups is 1. The van der Waals surface area contributed by atoms with Gasteiger partial charge in [0.05, 0.1) is 12.5 Å². The Hall–Kier alpha value is -2.04. The Balaban J connectivity index is 1.56. The molecule has 2 heterocycles. The number of rotatable bonds is 4. The summed E-state index contributed by atoms with van der Waals surface area (Å²) < 4.78 is 11.1. The van der Waals surface area contributed by atoms with Crippen molar-refractivity contribution in [2.75, 3.05) is 26.7 Å². The van der Waals surface area contributed by atoms with Gasteiger partial charge in [0.1, 0.15) is 12.4 Å². The van der Waals surface area contributed by atoms with E-state index in [0.29, 0.717) is 6.61 Å². The van der Waals surface area contributed by atoms with Gasteiger partial charge in [-0.15, -0.1) is 0 Å².